The molecular weight excluding hydrogens is 464 g/mol. The Morgan fingerprint density at radius 3 is 2.69 bits per heavy atom. The first-order valence-corrected chi connectivity index (χ1v) is 11.7. The lowest BCUT2D eigenvalue weighted by Crippen LogP contribution is -2.27. The van der Waals surface area contributed by atoms with E-state index in [1.165, 1.54) is 0 Å². The zero-order valence-electron chi connectivity index (χ0n) is 20.4. The van der Waals surface area contributed by atoms with Crippen molar-refractivity contribution in [3.63, 3.8) is 0 Å². The van der Waals surface area contributed by atoms with Crippen LogP contribution in [0.1, 0.15) is 12.1 Å². The predicted octanol–water partition coefficient (Wildman–Crippen LogP) is 2.38. The van der Waals surface area contributed by atoms with Gasteiger partial charge in [0.05, 0.1) is 36.9 Å². The number of ether oxygens (including phenoxy) is 3. The highest BCUT2D eigenvalue weighted by Crippen LogP contribution is 2.32. The van der Waals surface area contributed by atoms with Crippen LogP contribution in [0.5, 0.6) is 17.2 Å². The molecule has 0 bridgehead atoms. The van der Waals surface area contributed by atoms with Crippen molar-refractivity contribution in [1.82, 2.24) is 24.8 Å². The molecule has 188 valence electrons. The molecule has 36 heavy (non-hydrogen) atoms. The number of aliphatic hydroxyl groups is 1. The highest BCUT2D eigenvalue weighted by molar-refractivity contribution is 5.89. The smallest absolute Gasteiger partial charge is 0.260 e. The van der Waals surface area contributed by atoms with Gasteiger partial charge in [0, 0.05) is 31.1 Å². The van der Waals surface area contributed by atoms with E-state index in [1.54, 1.807) is 38.5 Å². The number of nitrogens with zero attached hydrogens (tertiary/aromatic N) is 4. The monoisotopic (exact) mass is 492 g/mol. The molecule has 1 aliphatic rings. The van der Waals surface area contributed by atoms with E-state index in [0.29, 0.717) is 52.5 Å². The van der Waals surface area contributed by atoms with E-state index >= 15 is 0 Å². The maximum Gasteiger partial charge on any atom is 0.260 e. The average Bonchev–Trinajstić information content (AvgIpc) is 3.28. The van der Waals surface area contributed by atoms with E-state index in [1.807, 2.05) is 13.0 Å². The third-order valence-corrected chi connectivity index (χ3v) is 6.22. The minimum atomic E-state index is -0.310. The van der Waals surface area contributed by atoms with Crippen LogP contribution < -0.4 is 25.1 Å². The first kappa shape index (κ1) is 23.8. The number of aromatic amines is 1. The molecule has 1 fully saturated rings. The van der Waals surface area contributed by atoms with Crippen LogP contribution in [0.2, 0.25) is 0 Å². The zero-order valence-corrected chi connectivity index (χ0v) is 20.4. The maximum absolute atomic E-state index is 12.8. The quantitative estimate of drug-likeness (QED) is 0.336. The Kier molecular flexibility index (Phi) is 6.57. The summed E-state index contributed by atoms with van der Waals surface area (Å²) >= 11 is 0. The van der Waals surface area contributed by atoms with Crippen LogP contribution >= 0.6 is 0 Å². The molecule has 1 aliphatic heterocycles. The Labute approximate surface area is 207 Å². The molecule has 0 aliphatic carbocycles. The lowest BCUT2D eigenvalue weighted by atomic mass is 10.1. The summed E-state index contributed by atoms with van der Waals surface area (Å²) in [4.78, 5) is 31.3. The Morgan fingerprint density at radius 2 is 1.94 bits per heavy atom. The van der Waals surface area contributed by atoms with Crippen LogP contribution in [0.3, 0.4) is 0 Å². The third-order valence-electron chi connectivity index (χ3n) is 6.22. The van der Waals surface area contributed by atoms with E-state index in [0.717, 1.165) is 24.9 Å². The summed E-state index contributed by atoms with van der Waals surface area (Å²) in [6.45, 7) is 4.58. The maximum atomic E-state index is 12.8. The van der Waals surface area contributed by atoms with E-state index in [4.69, 9.17) is 14.2 Å². The lowest BCUT2D eigenvalue weighted by molar-refractivity contribution is 0.167. The largest absolute Gasteiger partial charge is 0.497 e. The van der Waals surface area contributed by atoms with E-state index in [-0.39, 0.29) is 23.6 Å². The number of hydrogen-bond acceptors (Lipinski definition) is 10. The van der Waals surface area contributed by atoms with Crippen LogP contribution in [0.25, 0.3) is 21.8 Å². The molecule has 2 aromatic carbocycles. The average molecular weight is 493 g/mol. The van der Waals surface area contributed by atoms with E-state index < -0.39 is 0 Å². The first-order chi connectivity index (χ1) is 17.4. The molecule has 11 nitrogen and oxygen atoms in total. The Morgan fingerprint density at radius 1 is 1.11 bits per heavy atom. The fourth-order valence-electron chi connectivity index (χ4n) is 4.33. The van der Waals surface area contributed by atoms with Gasteiger partial charge in [-0.05, 0) is 37.6 Å². The van der Waals surface area contributed by atoms with Gasteiger partial charge in [0.25, 0.3) is 5.56 Å². The molecular formula is C25H28N6O5. The van der Waals surface area contributed by atoms with Gasteiger partial charge in [-0.25, -0.2) is 15.0 Å². The number of H-pyrrole nitrogens is 1. The summed E-state index contributed by atoms with van der Waals surface area (Å²) in [6, 6.07) is 8.81. The Balaban J connectivity index is 1.36. The number of aliphatic hydroxyl groups excluding tert-OH is 1. The molecule has 1 saturated heterocycles. The van der Waals surface area contributed by atoms with Crippen LogP contribution in [0.15, 0.2) is 35.1 Å². The van der Waals surface area contributed by atoms with E-state index in [9.17, 15) is 9.90 Å². The van der Waals surface area contributed by atoms with Crippen molar-refractivity contribution in [3.05, 3.63) is 46.4 Å². The molecule has 0 saturated carbocycles. The number of aryl methyl sites for hydroxylation is 1. The van der Waals surface area contributed by atoms with Gasteiger partial charge in [0.1, 0.15) is 29.4 Å². The van der Waals surface area contributed by atoms with Crippen molar-refractivity contribution in [2.75, 3.05) is 45.8 Å². The van der Waals surface area contributed by atoms with Crippen molar-refractivity contribution in [2.45, 2.75) is 19.4 Å². The SMILES string of the molecule is COc1cc(OC)c2nc(Nc3nc4ccc(OCCN5CCC(O)C5)cc4c(=O)[nH]3)nc(C)c2c1. The van der Waals surface area contributed by atoms with Gasteiger partial charge in [-0.15, -0.1) is 0 Å². The second kappa shape index (κ2) is 9.96. The topological polar surface area (TPSA) is 135 Å². The summed E-state index contributed by atoms with van der Waals surface area (Å²) in [7, 11) is 3.15. The molecule has 0 spiro atoms. The van der Waals surface area contributed by atoms with Crippen molar-refractivity contribution in [1.29, 1.82) is 0 Å². The van der Waals surface area contributed by atoms with Gasteiger partial charge in [0.2, 0.25) is 11.9 Å². The minimum absolute atomic E-state index is 0.222. The number of fused-ring (bicyclic) bond motifs is 2. The van der Waals surface area contributed by atoms with Gasteiger partial charge < -0.3 is 19.3 Å². The number of β-amino-alcohol motifs (C(OH)–C–C–N with tert-alkyl or cyclic N) is 1. The Bertz CT molecular complexity index is 1470. The number of aromatic nitrogens is 4. The molecule has 1 atom stereocenters. The van der Waals surface area contributed by atoms with E-state index in [2.05, 4.69) is 30.2 Å². The highest BCUT2D eigenvalue weighted by Gasteiger charge is 2.19. The number of anilines is 2. The van der Waals surface area contributed by atoms with Crippen molar-refractivity contribution >= 4 is 33.7 Å². The van der Waals surface area contributed by atoms with Crippen LogP contribution in [-0.4, -0.2) is 76.5 Å². The molecule has 1 unspecified atom stereocenters. The Hall–Kier alpha value is -3.96. The standard InChI is InChI=1S/C25H28N6O5/c1-14-18-11-17(34-2)12-21(35-3)22(18)28-24(26-14)30-25-27-20-5-4-16(10-19(20)23(33)29-25)36-9-8-31-7-6-15(32)13-31/h4-5,10-12,15,32H,6-9,13H2,1-3H3,(H2,26,27,28,29,30,33). The second-order valence-corrected chi connectivity index (χ2v) is 8.67. The molecule has 2 aromatic heterocycles. The van der Waals surface area contributed by atoms with Gasteiger partial charge in [0.15, 0.2) is 0 Å². The number of methoxy groups -OCH3 is 2. The molecule has 0 radical (unpaired) electrons. The molecule has 5 rings (SSSR count). The summed E-state index contributed by atoms with van der Waals surface area (Å²) in [6.07, 6.45) is 0.534. The summed E-state index contributed by atoms with van der Waals surface area (Å²) in [5.41, 5.74) is 1.53. The van der Waals surface area contributed by atoms with Crippen LogP contribution in [0.4, 0.5) is 11.9 Å². The molecule has 3 N–H and O–H groups in total. The molecule has 4 aromatic rings. The molecule has 3 heterocycles. The van der Waals surface area contributed by atoms with Gasteiger partial charge in [-0.1, -0.05) is 0 Å². The number of nitrogens with one attached hydrogen (secondary N) is 2. The van der Waals surface area contributed by atoms with Gasteiger partial charge >= 0.3 is 0 Å². The first-order valence-electron chi connectivity index (χ1n) is 11.7. The summed E-state index contributed by atoms with van der Waals surface area (Å²) in [5, 5.41) is 13.8. The summed E-state index contributed by atoms with van der Waals surface area (Å²) in [5.74, 6) is 2.28. The van der Waals surface area contributed by atoms with Crippen molar-refractivity contribution < 1.29 is 19.3 Å². The lowest BCUT2D eigenvalue weighted by Gasteiger charge is -2.15. The van der Waals surface area contributed by atoms with Gasteiger partial charge in [-0.2, -0.15) is 0 Å². The summed E-state index contributed by atoms with van der Waals surface area (Å²) < 4.78 is 16.6. The van der Waals surface area contributed by atoms with Gasteiger partial charge in [-0.3, -0.25) is 20.0 Å². The molecule has 0 amide bonds. The number of benzene rings is 2. The number of hydrogen-bond donors (Lipinski definition) is 3. The number of likely N-dealkylation sites (tertiary alicyclic amines) is 1. The predicted molar refractivity (Wildman–Crippen MR) is 136 cm³/mol. The zero-order chi connectivity index (χ0) is 25.2. The van der Waals surface area contributed by atoms with Crippen LogP contribution in [-0.2, 0) is 0 Å². The third kappa shape index (κ3) is 4.88. The fraction of sp³-hybridized carbons (Fsp3) is 0.360. The fourth-order valence-corrected chi connectivity index (χ4v) is 4.33. The minimum Gasteiger partial charge on any atom is -0.497 e. The van der Waals surface area contributed by atoms with Crippen molar-refractivity contribution in [2.24, 2.45) is 0 Å². The molecule has 11 heteroatoms. The highest BCUT2D eigenvalue weighted by atomic mass is 16.5. The number of rotatable bonds is 8. The normalized spacial score (nSPS) is 15.9. The van der Waals surface area contributed by atoms with Crippen molar-refractivity contribution in [3.8, 4) is 17.2 Å². The second-order valence-electron chi connectivity index (χ2n) is 8.67. The van der Waals surface area contributed by atoms with Crippen LogP contribution in [0, 0.1) is 6.92 Å².